The number of halogens is 2. The van der Waals surface area contributed by atoms with Crippen molar-refractivity contribution in [2.75, 3.05) is 0 Å². The van der Waals surface area contributed by atoms with Crippen molar-refractivity contribution in [3.8, 4) is 11.1 Å². The summed E-state index contributed by atoms with van der Waals surface area (Å²) in [5, 5.41) is 3.01. The summed E-state index contributed by atoms with van der Waals surface area (Å²) in [5.41, 5.74) is 10.2. The summed E-state index contributed by atoms with van der Waals surface area (Å²) in [4.78, 5) is 12.1. The molecule has 151 valence electrons. The van der Waals surface area contributed by atoms with Gasteiger partial charge in [-0.1, -0.05) is 48.2 Å². The van der Waals surface area contributed by atoms with Gasteiger partial charge >= 0.3 is 0 Å². The fourth-order valence-corrected chi connectivity index (χ4v) is 5.31. The van der Waals surface area contributed by atoms with E-state index in [0.29, 0.717) is 21.5 Å². The third-order valence-electron chi connectivity index (χ3n) is 6.22. The van der Waals surface area contributed by atoms with E-state index in [4.69, 9.17) is 28.9 Å². The lowest BCUT2D eigenvalue weighted by Crippen LogP contribution is -2.11. The first-order valence-electron chi connectivity index (χ1n) is 10.2. The first kappa shape index (κ1) is 19.5. The summed E-state index contributed by atoms with van der Waals surface area (Å²) in [6, 6.07) is 18.8. The van der Waals surface area contributed by atoms with Gasteiger partial charge in [0.2, 0.25) is 5.91 Å². The Labute approximate surface area is 185 Å². The van der Waals surface area contributed by atoms with E-state index in [1.165, 1.54) is 25.7 Å². The standard InChI is InChI=1S/C25H21Cl2N2O/c26-17-9-11-18(21(27)13-17)16-8-10-19-23(12-16)29(14-15-4-1-2-5-15)22-7-3-6-20(24(19)22)25(28)30/h3,6-9,11-13,15H,1-2,4-5,14H2,(H2,28,30). The molecule has 1 saturated carbocycles. The quantitative estimate of drug-likeness (QED) is 0.373. The summed E-state index contributed by atoms with van der Waals surface area (Å²) in [7, 11) is 0. The molecule has 0 atom stereocenters. The highest BCUT2D eigenvalue weighted by atomic mass is 35.5. The van der Waals surface area contributed by atoms with Gasteiger partial charge in [-0.25, -0.2) is 0 Å². The second-order valence-electron chi connectivity index (χ2n) is 8.10. The first-order valence-corrected chi connectivity index (χ1v) is 11.0. The maximum absolute atomic E-state index is 12.1. The Morgan fingerprint density at radius 1 is 1.10 bits per heavy atom. The number of benzene rings is 3. The van der Waals surface area contributed by atoms with Gasteiger partial charge in [-0.15, -0.1) is 0 Å². The summed E-state index contributed by atoms with van der Waals surface area (Å²) >= 11 is 12.6. The normalized spacial score (nSPS) is 14.7. The lowest BCUT2D eigenvalue weighted by Gasteiger charge is -2.14. The molecule has 0 spiro atoms. The van der Waals surface area contributed by atoms with Crippen molar-refractivity contribution in [3.63, 3.8) is 0 Å². The predicted molar refractivity (Wildman–Crippen MR) is 124 cm³/mol. The molecule has 3 nitrogen and oxygen atoms in total. The summed E-state index contributed by atoms with van der Waals surface area (Å²) in [6.45, 7) is 0.924. The van der Waals surface area contributed by atoms with Crippen LogP contribution in [0.5, 0.6) is 0 Å². The van der Waals surface area contributed by atoms with Crippen molar-refractivity contribution >= 4 is 50.9 Å². The van der Waals surface area contributed by atoms with Crippen LogP contribution in [0.1, 0.15) is 36.0 Å². The van der Waals surface area contributed by atoms with Crippen LogP contribution < -0.4 is 5.73 Å². The van der Waals surface area contributed by atoms with Crippen LogP contribution in [0.2, 0.25) is 10.0 Å². The highest BCUT2D eigenvalue weighted by Crippen LogP contribution is 2.38. The van der Waals surface area contributed by atoms with E-state index in [-0.39, 0.29) is 0 Å². The largest absolute Gasteiger partial charge is 0.366 e. The zero-order valence-electron chi connectivity index (χ0n) is 16.4. The lowest BCUT2D eigenvalue weighted by molar-refractivity contribution is 0.100. The van der Waals surface area contributed by atoms with E-state index >= 15 is 0 Å². The maximum Gasteiger partial charge on any atom is 0.249 e. The van der Waals surface area contributed by atoms with Crippen molar-refractivity contribution in [3.05, 3.63) is 70.2 Å². The Morgan fingerprint density at radius 3 is 2.63 bits per heavy atom. The second-order valence-corrected chi connectivity index (χ2v) is 8.94. The van der Waals surface area contributed by atoms with E-state index in [1.807, 2.05) is 24.3 Å². The van der Waals surface area contributed by atoms with Gasteiger partial charge in [0.05, 0.1) is 5.52 Å². The monoisotopic (exact) mass is 435 g/mol. The van der Waals surface area contributed by atoms with Crippen molar-refractivity contribution in [1.82, 2.24) is 4.57 Å². The highest BCUT2D eigenvalue weighted by molar-refractivity contribution is 6.36. The molecule has 30 heavy (non-hydrogen) atoms. The molecular weight excluding hydrogens is 415 g/mol. The number of aromatic nitrogens is 1. The van der Waals surface area contributed by atoms with Crippen LogP contribution in [0.3, 0.4) is 0 Å². The molecule has 0 aliphatic heterocycles. The molecule has 1 amide bonds. The summed E-state index contributed by atoms with van der Waals surface area (Å²) in [5.74, 6) is 0.225. The summed E-state index contributed by atoms with van der Waals surface area (Å²) < 4.78 is 2.33. The van der Waals surface area contributed by atoms with Gasteiger partial charge in [-0.2, -0.15) is 0 Å². The number of carbonyl (C=O) groups excluding carboxylic acids is 1. The fraction of sp³-hybridized carbons (Fsp3) is 0.240. The number of fused-ring (bicyclic) bond motifs is 3. The smallest absolute Gasteiger partial charge is 0.249 e. The predicted octanol–water partition coefficient (Wildman–Crippen LogP) is 6.86. The average Bonchev–Trinajstić information content (AvgIpc) is 3.34. The molecule has 2 N–H and O–H groups in total. The third-order valence-corrected chi connectivity index (χ3v) is 6.77. The maximum atomic E-state index is 12.1. The number of primary amides is 1. The zero-order chi connectivity index (χ0) is 20.8. The van der Waals surface area contributed by atoms with E-state index in [2.05, 4.69) is 22.8 Å². The Balaban J connectivity index is 1.78. The Kier molecular flexibility index (Phi) is 4.96. The second kappa shape index (κ2) is 7.64. The van der Waals surface area contributed by atoms with Gasteiger partial charge in [0.15, 0.2) is 0 Å². The number of nitrogens with zero attached hydrogens (tertiary/aromatic N) is 1. The van der Waals surface area contributed by atoms with Crippen molar-refractivity contribution in [2.24, 2.45) is 11.7 Å². The van der Waals surface area contributed by atoms with Gasteiger partial charge in [-0.3, -0.25) is 4.79 Å². The number of hydrogen-bond acceptors (Lipinski definition) is 1. The Bertz CT molecular complexity index is 1290. The number of carbonyl (C=O) groups is 1. The zero-order valence-corrected chi connectivity index (χ0v) is 17.9. The first-order chi connectivity index (χ1) is 14.5. The van der Waals surface area contributed by atoms with Crippen LogP contribution in [-0.4, -0.2) is 10.5 Å². The molecule has 0 unspecified atom stereocenters. The number of hydrogen-bond donors (Lipinski definition) is 1. The highest BCUT2D eigenvalue weighted by Gasteiger charge is 2.21. The van der Waals surface area contributed by atoms with Crippen LogP contribution in [-0.2, 0) is 6.54 Å². The van der Waals surface area contributed by atoms with Gasteiger partial charge in [0, 0.05) is 44.0 Å². The molecule has 5 heteroatoms. The van der Waals surface area contributed by atoms with Crippen LogP contribution in [0.4, 0.5) is 0 Å². The lowest BCUT2D eigenvalue weighted by atomic mass is 10.0. The molecule has 1 aliphatic carbocycles. The molecule has 1 radical (unpaired) electrons. The van der Waals surface area contributed by atoms with Gasteiger partial charge in [0.25, 0.3) is 0 Å². The van der Waals surface area contributed by atoms with E-state index in [0.717, 1.165) is 39.5 Å². The average molecular weight is 436 g/mol. The minimum atomic E-state index is -0.418. The topological polar surface area (TPSA) is 48.0 Å². The Morgan fingerprint density at radius 2 is 1.90 bits per heavy atom. The fourth-order valence-electron chi connectivity index (χ4n) is 4.79. The van der Waals surface area contributed by atoms with Crippen LogP contribution in [0.15, 0.2) is 48.5 Å². The van der Waals surface area contributed by atoms with Gasteiger partial charge in [0.1, 0.15) is 0 Å². The number of rotatable bonds is 4. The molecule has 1 aliphatic rings. The van der Waals surface area contributed by atoms with Crippen molar-refractivity contribution in [2.45, 2.75) is 32.2 Å². The molecule has 5 rings (SSSR count). The van der Waals surface area contributed by atoms with Gasteiger partial charge in [-0.05, 0) is 66.8 Å². The molecule has 4 aromatic rings. The minimum absolute atomic E-state index is 0.418. The van der Waals surface area contributed by atoms with E-state index in [9.17, 15) is 4.79 Å². The molecular formula is C25H21Cl2N2O. The Hall–Kier alpha value is -2.49. The van der Waals surface area contributed by atoms with E-state index in [1.54, 1.807) is 12.1 Å². The molecule has 1 heterocycles. The third kappa shape index (κ3) is 3.27. The van der Waals surface area contributed by atoms with E-state index < -0.39 is 5.91 Å². The summed E-state index contributed by atoms with van der Waals surface area (Å²) in [6.07, 6.45) is 5.05. The SMILES string of the molecule is NC(=O)c1cccc2c1c1[c]cc(-c3ccc(Cl)cc3Cl)cc1n2CC1CCCC1. The van der Waals surface area contributed by atoms with Crippen LogP contribution >= 0.6 is 23.2 Å². The molecule has 0 bridgehead atoms. The molecule has 1 aromatic heterocycles. The molecule has 0 saturated heterocycles. The number of nitrogens with two attached hydrogens (primary N) is 1. The molecule has 3 aromatic carbocycles. The van der Waals surface area contributed by atoms with Gasteiger partial charge < -0.3 is 10.3 Å². The van der Waals surface area contributed by atoms with Crippen molar-refractivity contribution < 1.29 is 4.79 Å². The van der Waals surface area contributed by atoms with Crippen LogP contribution in [0.25, 0.3) is 32.9 Å². The van der Waals surface area contributed by atoms with Crippen LogP contribution in [0, 0.1) is 12.0 Å². The minimum Gasteiger partial charge on any atom is -0.366 e. The number of amides is 1. The van der Waals surface area contributed by atoms with Crippen molar-refractivity contribution in [1.29, 1.82) is 0 Å². The molecule has 1 fully saturated rings.